The molecule has 0 aromatic heterocycles. The van der Waals surface area contributed by atoms with Crippen LogP contribution in [0.2, 0.25) is 0 Å². The van der Waals surface area contributed by atoms with Crippen LogP contribution in [0.15, 0.2) is 30.3 Å². The van der Waals surface area contributed by atoms with Crippen LogP contribution in [0.25, 0.3) is 11.1 Å². The Morgan fingerprint density at radius 3 is 2.29 bits per heavy atom. The molecule has 4 heteroatoms. The fourth-order valence-electron chi connectivity index (χ4n) is 2.39. The zero-order chi connectivity index (χ0) is 15.4. The van der Waals surface area contributed by atoms with Crippen LogP contribution in [0.3, 0.4) is 0 Å². The topological polar surface area (TPSA) is 30.5 Å². The minimum atomic E-state index is -0.249. The van der Waals surface area contributed by atoms with E-state index in [-0.39, 0.29) is 5.82 Å². The van der Waals surface area contributed by atoms with Crippen LogP contribution >= 0.6 is 0 Å². The van der Waals surface area contributed by atoms with Gasteiger partial charge in [0.1, 0.15) is 5.82 Å². The molecule has 0 aliphatic rings. The van der Waals surface area contributed by atoms with Crippen molar-refractivity contribution in [2.24, 2.45) is 0 Å². The highest BCUT2D eigenvalue weighted by molar-refractivity contribution is 5.74. The molecule has 0 aliphatic carbocycles. The predicted molar refractivity (Wildman–Crippen MR) is 82.4 cm³/mol. The van der Waals surface area contributed by atoms with Gasteiger partial charge in [-0.25, -0.2) is 4.39 Å². The Balaban J connectivity index is 2.67. The lowest BCUT2D eigenvalue weighted by atomic mass is 9.95. The molecule has 0 fully saturated rings. The van der Waals surface area contributed by atoms with Crippen LogP contribution in [-0.4, -0.2) is 21.3 Å². The third kappa shape index (κ3) is 3.16. The van der Waals surface area contributed by atoms with Crippen molar-refractivity contribution in [2.45, 2.75) is 13.5 Å². The summed E-state index contributed by atoms with van der Waals surface area (Å²) in [6.07, 6.45) is 0. The number of ether oxygens (including phenoxy) is 2. The molecule has 1 N–H and O–H groups in total. The largest absolute Gasteiger partial charge is 0.493 e. The maximum absolute atomic E-state index is 13.6. The summed E-state index contributed by atoms with van der Waals surface area (Å²) < 4.78 is 24.3. The number of hydrogen-bond acceptors (Lipinski definition) is 3. The zero-order valence-corrected chi connectivity index (χ0v) is 12.8. The van der Waals surface area contributed by atoms with Crippen molar-refractivity contribution in [3.63, 3.8) is 0 Å². The molecular formula is C17H20FNO2. The average molecular weight is 289 g/mol. The first-order chi connectivity index (χ1) is 10.1. The van der Waals surface area contributed by atoms with Gasteiger partial charge in [0.05, 0.1) is 14.2 Å². The van der Waals surface area contributed by atoms with Crippen LogP contribution in [0.4, 0.5) is 4.39 Å². The summed E-state index contributed by atoms with van der Waals surface area (Å²) in [7, 11) is 5.07. The minimum absolute atomic E-state index is 0.249. The van der Waals surface area contributed by atoms with E-state index in [2.05, 4.69) is 5.32 Å². The molecule has 0 aliphatic heterocycles. The molecule has 21 heavy (non-hydrogen) atoms. The molecule has 0 bridgehead atoms. The van der Waals surface area contributed by atoms with E-state index in [1.807, 2.05) is 26.1 Å². The zero-order valence-electron chi connectivity index (χ0n) is 12.8. The van der Waals surface area contributed by atoms with Crippen molar-refractivity contribution < 1.29 is 13.9 Å². The first-order valence-electron chi connectivity index (χ1n) is 6.76. The maximum Gasteiger partial charge on any atom is 0.161 e. The third-order valence-corrected chi connectivity index (χ3v) is 3.47. The fourth-order valence-corrected chi connectivity index (χ4v) is 2.39. The van der Waals surface area contributed by atoms with Gasteiger partial charge in [0.2, 0.25) is 0 Å². The molecule has 0 spiro atoms. The predicted octanol–water partition coefficient (Wildman–Crippen LogP) is 3.54. The lowest BCUT2D eigenvalue weighted by Crippen LogP contribution is -2.07. The molecule has 0 heterocycles. The van der Waals surface area contributed by atoms with E-state index in [1.54, 1.807) is 26.4 Å². The van der Waals surface area contributed by atoms with Crippen molar-refractivity contribution >= 4 is 0 Å². The lowest BCUT2D eigenvalue weighted by Gasteiger charge is -2.16. The van der Waals surface area contributed by atoms with Gasteiger partial charge in [-0.2, -0.15) is 0 Å². The van der Waals surface area contributed by atoms with E-state index in [0.29, 0.717) is 18.0 Å². The SMILES string of the molecule is CNCc1cc(OC)c(OC)cc1-c1cc(F)ccc1C. The van der Waals surface area contributed by atoms with Crippen molar-refractivity contribution in [3.8, 4) is 22.6 Å². The van der Waals surface area contributed by atoms with E-state index in [4.69, 9.17) is 9.47 Å². The Hall–Kier alpha value is -2.07. The molecule has 3 nitrogen and oxygen atoms in total. The Morgan fingerprint density at radius 2 is 1.67 bits per heavy atom. The van der Waals surface area contributed by atoms with Crippen molar-refractivity contribution in [1.29, 1.82) is 0 Å². The van der Waals surface area contributed by atoms with Crippen LogP contribution < -0.4 is 14.8 Å². The van der Waals surface area contributed by atoms with Crippen molar-refractivity contribution in [1.82, 2.24) is 5.32 Å². The van der Waals surface area contributed by atoms with Crippen molar-refractivity contribution in [3.05, 3.63) is 47.3 Å². The standard InChI is InChI=1S/C17H20FNO2/c1-11-5-6-13(18)8-14(11)15-9-17(21-4)16(20-3)7-12(15)10-19-2/h5-9,19H,10H2,1-4H3. The molecule has 2 aromatic carbocycles. The Morgan fingerprint density at radius 1 is 1.00 bits per heavy atom. The van der Waals surface area contributed by atoms with Gasteiger partial charge in [0, 0.05) is 6.54 Å². The second-order valence-corrected chi connectivity index (χ2v) is 4.85. The average Bonchev–Trinajstić information content (AvgIpc) is 2.49. The van der Waals surface area contributed by atoms with Crippen LogP contribution in [-0.2, 0) is 6.54 Å². The Bertz CT molecular complexity index is 641. The lowest BCUT2D eigenvalue weighted by molar-refractivity contribution is 0.354. The smallest absolute Gasteiger partial charge is 0.161 e. The van der Waals surface area contributed by atoms with E-state index in [9.17, 15) is 4.39 Å². The van der Waals surface area contributed by atoms with Gasteiger partial charge < -0.3 is 14.8 Å². The molecule has 2 rings (SSSR count). The fraction of sp³-hybridized carbons (Fsp3) is 0.294. The number of nitrogens with one attached hydrogen (secondary N) is 1. The normalized spacial score (nSPS) is 10.5. The summed E-state index contributed by atoms with van der Waals surface area (Å²) in [5.74, 6) is 1.05. The summed E-state index contributed by atoms with van der Waals surface area (Å²) >= 11 is 0. The molecule has 2 aromatic rings. The number of benzene rings is 2. The first kappa shape index (κ1) is 15.3. The van der Waals surface area contributed by atoms with Gasteiger partial charge in [0.15, 0.2) is 11.5 Å². The number of halogens is 1. The summed E-state index contributed by atoms with van der Waals surface area (Å²) in [6, 6.07) is 8.62. The summed E-state index contributed by atoms with van der Waals surface area (Å²) in [6.45, 7) is 2.63. The molecule has 0 saturated carbocycles. The molecule has 0 amide bonds. The van der Waals surface area contributed by atoms with E-state index in [1.165, 1.54) is 6.07 Å². The first-order valence-corrected chi connectivity index (χ1v) is 6.76. The van der Waals surface area contributed by atoms with Crippen molar-refractivity contribution in [2.75, 3.05) is 21.3 Å². The monoisotopic (exact) mass is 289 g/mol. The van der Waals surface area contributed by atoms with E-state index >= 15 is 0 Å². The summed E-state index contributed by atoms with van der Waals surface area (Å²) in [5, 5.41) is 3.13. The summed E-state index contributed by atoms with van der Waals surface area (Å²) in [5.41, 5.74) is 3.85. The van der Waals surface area contributed by atoms with E-state index < -0.39 is 0 Å². The third-order valence-electron chi connectivity index (χ3n) is 3.47. The highest BCUT2D eigenvalue weighted by atomic mass is 19.1. The van der Waals surface area contributed by atoms with Gasteiger partial charge in [-0.3, -0.25) is 0 Å². The Labute approximate surface area is 124 Å². The van der Waals surface area contributed by atoms with Gasteiger partial charge in [-0.1, -0.05) is 6.07 Å². The molecule has 0 atom stereocenters. The number of rotatable bonds is 5. The van der Waals surface area contributed by atoms with Gasteiger partial charge in [-0.15, -0.1) is 0 Å². The summed E-state index contributed by atoms with van der Waals surface area (Å²) in [4.78, 5) is 0. The maximum atomic E-state index is 13.6. The van der Waals surface area contributed by atoms with E-state index in [0.717, 1.165) is 22.3 Å². The highest BCUT2D eigenvalue weighted by Gasteiger charge is 2.14. The number of methoxy groups -OCH3 is 2. The number of hydrogen-bond donors (Lipinski definition) is 1. The minimum Gasteiger partial charge on any atom is -0.493 e. The van der Waals surface area contributed by atoms with Gasteiger partial charge in [0.25, 0.3) is 0 Å². The highest BCUT2D eigenvalue weighted by Crippen LogP contribution is 2.37. The second-order valence-electron chi connectivity index (χ2n) is 4.85. The molecule has 112 valence electrons. The van der Waals surface area contributed by atoms with Crippen LogP contribution in [0.5, 0.6) is 11.5 Å². The van der Waals surface area contributed by atoms with Crippen LogP contribution in [0.1, 0.15) is 11.1 Å². The quantitative estimate of drug-likeness (QED) is 0.913. The molecule has 0 unspecified atom stereocenters. The number of aryl methyl sites for hydroxylation is 1. The van der Waals surface area contributed by atoms with Gasteiger partial charge >= 0.3 is 0 Å². The molecule has 0 radical (unpaired) electrons. The van der Waals surface area contributed by atoms with Gasteiger partial charge in [-0.05, 0) is 60.5 Å². The van der Waals surface area contributed by atoms with Crippen LogP contribution in [0, 0.1) is 12.7 Å². The second kappa shape index (κ2) is 6.59. The molecule has 0 saturated heterocycles. The Kier molecular flexibility index (Phi) is 4.81. The molecular weight excluding hydrogens is 269 g/mol.